The van der Waals surface area contributed by atoms with Gasteiger partial charge in [-0.15, -0.1) is 0 Å². The highest BCUT2D eigenvalue weighted by atomic mass is 16.5. The molecule has 1 heterocycles. The molecule has 0 saturated heterocycles. The van der Waals surface area contributed by atoms with Crippen LogP contribution in [-0.2, 0) is 6.61 Å². The van der Waals surface area contributed by atoms with Crippen LogP contribution in [0.2, 0.25) is 0 Å². The fraction of sp³-hybridized carbons (Fsp3) is 0.381. The lowest BCUT2D eigenvalue weighted by molar-refractivity contribution is 0.101. The second-order valence-corrected chi connectivity index (χ2v) is 7.32. The molecule has 4 rings (SSSR count). The summed E-state index contributed by atoms with van der Waals surface area (Å²) in [5, 5.41) is 12.0. The molecule has 2 aromatic carbocycles. The predicted molar refractivity (Wildman–Crippen MR) is 104 cm³/mol. The second kappa shape index (κ2) is 7.02. The van der Waals surface area contributed by atoms with Crippen molar-refractivity contribution in [2.24, 2.45) is 10.4 Å². The summed E-state index contributed by atoms with van der Waals surface area (Å²) in [4.78, 5) is 11.7. The third kappa shape index (κ3) is 3.65. The number of benzene rings is 2. The molecule has 0 radical (unpaired) electrons. The molecule has 2 aliphatic rings. The van der Waals surface area contributed by atoms with Crippen LogP contribution in [0, 0.1) is 6.92 Å². The van der Waals surface area contributed by atoms with Crippen molar-refractivity contribution in [3.8, 4) is 5.75 Å². The molecule has 140 valence electrons. The van der Waals surface area contributed by atoms with Gasteiger partial charge in [-0.25, -0.2) is 5.01 Å². The summed E-state index contributed by atoms with van der Waals surface area (Å²) < 4.78 is 6.24. The third-order valence-electron chi connectivity index (χ3n) is 5.11. The minimum atomic E-state index is 0.0909. The molecule has 0 unspecified atom stereocenters. The maximum Gasteiger partial charge on any atom is 0.159 e. The lowest BCUT2D eigenvalue weighted by Gasteiger charge is -2.20. The van der Waals surface area contributed by atoms with Crippen LogP contribution < -0.4 is 9.75 Å². The lowest BCUT2D eigenvalue weighted by Crippen LogP contribution is -2.23. The molecule has 0 amide bonds. The lowest BCUT2D eigenvalue weighted by atomic mass is 10.0. The van der Waals surface area contributed by atoms with Gasteiger partial charge in [-0.2, -0.15) is 0 Å². The van der Waals surface area contributed by atoms with Gasteiger partial charge in [-0.3, -0.25) is 9.80 Å². The van der Waals surface area contributed by atoms with Crippen molar-refractivity contribution in [1.82, 2.24) is 5.01 Å². The maximum atomic E-state index is 11.7. The minimum absolute atomic E-state index is 0.0909. The largest absolute Gasteiger partial charge is 0.489 e. The van der Waals surface area contributed by atoms with Gasteiger partial charge >= 0.3 is 0 Å². The standard InChI is InChI=1S/C21H24N4O2/c1-14-5-4-6-20(25-13-24(3)22-23-25)19(14)12-27-21-10-9-17(15(2)26)11-18(21)16-7-8-16/h4-6,9-11,16H,7-8,12-13H2,1-3H3. The Bertz CT molecular complexity index is 905. The fourth-order valence-corrected chi connectivity index (χ4v) is 3.37. The maximum absolute atomic E-state index is 11.7. The Kier molecular flexibility index (Phi) is 4.56. The van der Waals surface area contributed by atoms with Crippen molar-refractivity contribution in [2.75, 3.05) is 18.7 Å². The monoisotopic (exact) mass is 364 g/mol. The third-order valence-corrected chi connectivity index (χ3v) is 5.11. The van der Waals surface area contributed by atoms with Crippen LogP contribution in [0.4, 0.5) is 5.69 Å². The average molecular weight is 364 g/mol. The summed E-state index contributed by atoms with van der Waals surface area (Å²) in [6, 6.07) is 11.9. The number of hydrogen-bond acceptors (Lipinski definition) is 6. The molecule has 2 aromatic rings. The average Bonchev–Trinajstić information content (AvgIpc) is 3.41. The summed E-state index contributed by atoms with van der Waals surface area (Å²) in [6.07, 6.45) is 2.32. The van der Waals surface area contributed by atoms with Gasteiger partial charge in [0.1, 0.15) is 19.0 Å². The Labute approximate surface area is 159 Å². The quantitative estimate of drug-likeness (QED) is 0.700. The molecule has 6 nitrogen and oxygen atoms in total. The van der Waals surface area contributed by atoms with Crippen LogP contribution in [0.1, 0.15) is 52.7 Å². The molecule has 1 aliphatic heterocycles. The van der Waals surface area contributed by atoms with Gasteiger partial charge in [0.25, 0.3) is 0 Å². The number of rotatable bonds is 6. The van der Waals surface area contributed by atoms with Gasteiger partial charge in [0.2, 0.25) is 0 Å². The number of Topliss-reactive ketones (excluding diaryl/α,β-unsaturated/α-hetero) is 1. The van der Waals surface area contributed by atoms with Crippen LogP contribution in [0.5, 0.6) is 5.75 Å². The number of aryl methyl sites for hydroxylation is 1. The van der Waals surface area contributed by atoms with E-state index in [1.165, 1.54) is 0 Å². The van der Waals surface area contributed by atoms with E-state index in [4.69, 9.17) is 4.74 Å². The van der Waals surface area contributed by atoms with Gasteiger partial charge in [0.05, 0.1) is 5.69 Å². The molecule has 6 heteroatoms. The summed E-state index contributed by atoms with van der Waals surface area (Å²) >= 11 is 0. The van der Waals surface area contributed by atoms with Gasteiger partial charge in [0.15, 0.2) is 5.78 Å². The summed E-state index contributed by atoms with van der Waals surface area (Å²) in [5.41, 5.74) is 5.17. The van der Waals surface area contributed by atoms with Crippen molar-refractivity contribution >= 4 is 11.5 Å². The summed E-state index contributed by atoms with van der Waals surface area (Å²) in [7, 11) is 1.90. The topological polar surface area (TPSA) is 57.5 Å². The zero-order chi connectivity index (χ0) is 19.0. The summed E-state index contributed by atoms with van der Waals surface area (Å²) in [5.74, 6) is 1.47. The zero-order valence-corrected chi connectivity index (χ0v) is 16.0. The van der Waals surface area contributed by atoms with E-state index in [0.717, 1.165) is 46.5 Å². The molecular formula is C21H24N4O2. The van der Waals surface area contributed by atoms with Crippen LogP contribution >= 0.6 is 0 Å². The predicted octanol–water partition coefficient (Wildman–Crippen LogP) is 4.65. The second-order valence-electron chi connectivity index (χ2n) is 7.32. The van der Waals surface area contributed by atoms with E-state index in [-0.39, 0.29) is 5.78 Å². The molecule has 0 N–H and O–H groups in total. The molecule has 27 heavy (non-hydrogen) atoms. The number of carbonyl (C=O) groups is 1. The van der Waals surface area contributed by atoms with Gasteiger partial charge in [0, 0.05) is 18.2 Å². The van der Waals surface area contributed by atoms with E-state index in [2.05, 4.69) is 23.4 Å². The van der Waals surface area contributed by atoms with E-state index < -0.39 is 0 Å². The Hall–Kier alpha value is -2.89. The van der Waals surface area contributed by atoms with Crippen molar-refractivity contribution in [3.05, 3.63) is 58.7 Å². The Balaban J connectivity index is 1.59. The molecule has 0 atom stereocenters. The number of ketones is 1. The number of ether oxygens (including phenoxy) is 1. The highest BCUT2D eigenvalue weighted by Gasteiger charge is 2.28. The molecule has 0 aromatic heterocycles. The van der Waals surface area contributed by atoms with Crippen LogP contribution in [0.3, 0.4) is 0 Å². The van der Waals surface area contributed by atoms with Crippen molar-refractivity contribution < 1.29 is 9.53 Å². The zero-order valence-electron chi connectivity index (χ0n) is 16.0. The Morgan fingerprint density at radius 2 is 2.04 bits per heavy atom. The number of anilines is 1. The fourth-order valence-electron chi connectivity index (χ4n) is 3.37. The van der Waals surface area contributed by atoms with E-state index in [9.17, 15) is 4.79 Å². The van der Waals surface area contributed by atoms with Crippen LogP contribution in [0.25, 0.3) is 0 Å². The van der Waals surface area contributed by atoms with Crippen LogP contribution in [0.15, 0.2) is 46.8 Å². The highest BCUT2D eigenvalue weighted by molar-refractivity contribution is 5.94. The molecule has 0 bridgehead atoms. The highest BCUT2D eigenvalue weighted by Crippen LogP contribution is 2.45. The first kappa shape index (κ1) is 17.5. The first-order chi connectivity index (χ1) is 13.0. The Morgan fingerprint density at radius 1 is 1.22 bits per heavy atom. The van der Waals surface area contributed by atoms with E-state index in [1.807, 2.05) is 42.4 Å². The molecule has 1 fully saturated rings. The molecule has 1 saturated carbocycles. The first-order valence-electron chi connectivity index (χ1n) is 9.29. The van der Waals surface area contributed by atoms with Crippen LogP contribution in [-0.4, -0.2) is 24.5 Å². The van der Waals surface area contributed by atoms with Gasteiger partial charge in [-0.1, -0.05) is 17.4 Å². The van der Waals surface area contributed by atoms with Crippen molar-refractivity contribution in [1.29, 1.82) is 0 Å². The molecular weight excluding hydrogens is 340 g/mol. The van der Waals surface area contributed by atoms with E-state index in [0.29, 0.717) is 19.2 Å². The summed E-state index contributed by atoms with van der Waals surface area (Å²) in [6.45, 7) is 4.77. The van der Waals surface area contributed by atoms with Gasteiger partial charge < -0.3 is 4.74 Å². The van der Waals surface area contributed by atoms with Crippen molar-refractivity contribution in [2.45, 2.75) is 39.2 Å². The van der Waals surface area contributed by atoms with E-state index in [1.54, 1.807) is 11.9 Å². The normalized spacial score (nSPS) is 16.1. The van der Waals surface area contributed by atoms with Crippen molar-refractivity contribution in [3.63, 3.8) is 0 Å². The SMILES string of the molecule is CC(=O)c1ccc(OCc2c(C)cccc2N2CN(C)N=N2)c(C2CC2)c1. The van der Waals surface area contributed by atoms with Gasteiger partial charge in [-0.05, 0) is 73.2 Å². The Morgan fingerprint density at radius 3 is 2.70 bits per heavy atom. The molecule has 1 aliphatic carbocycles. The van der Waals surface area contributed by atoms with E-state index >= 15 is 0 Å². The first-order valence-corrected chi connectivity index (χ1v) is 9.29. The molecule has 0 spiro atoms. The minimum Gasteiger partial charge on any atom is -0.489 e. The smallest absolute Gasteiger partial charge is 0.159 e. The number of carbonyl (C=O) groups excluding carboxylic acids is 1. The number of nitrogens with zero attached hydrogens (tertiary/aromatic N) is 4. The number of hydrogen-bond donors (Lipinski definition) is 0.